The third kappa shape index (κ3) is 3.68. The van der Waals surface area contributed by atoms with Crippen molar-refractivity contribution in [3.63, 3.8) is 0 Å². The normalized spacial score (nSPS) is 36.1. The Hall–Kier alpha value is -1.20. The van der Waals surface area contributed by atoms with E-state index < -0.39 is 0 Å². The molecule has 2 aliphatic heterocycles. The van der Waals surface area contributed by atoms with Gasteiger partial charge in [0.2, 0.25) is 0 Å². The number of nitrogens with one attached hydrogen (secondary N) is 1. The molecule has 1 aromatic rings. The van der Waals surface area contributed by atoms with Crippen molar-refractivity contribution in [2.24, 2.45) is 0 Å². The van der Waals surface area contributed by atoms with Gasteiger partial charge in [0.1, 0.15) is 0 Å². The summed E-state index contributed by atoms with van der Waals surface area (Å²) < 4.78 is 1.83. The van der Waals surface area contributed by atoms with Gasteiger partial charge in [-0.15, -0.1) is 0 Å². The number of fused-ring (bicyclic) bond motifs is 3. The second-order valence-electron chi connectivity index (χ2n) is 9.85. The van der Waals surface area contributed by atoms with E-state index in [-0.39, 0.29) is 5.56 Å². The van der Waals surface area contributed by atoms with E-state index in [1.54, 1.807) is 0 Å². The maximum Gasteiger partial charge on any atom is 0.267 e. The molecule has 2 atom stereocenters. The Morgan fingerprint density at radius 1 is 0.893 bits per heavy atom. The first-order valence-corrected chi connectivity index (χ1v) is 11.8. The molecule has 5 rings (SSSR count). The summed E-state index contributed by atoms with van der Waals surface area (Å²) in [5, 5.41) is 8.81. The Morgan fingerprint density at radius 2 is 1.61 bits per heavy atom. The minimum absolute atomic E-state index is 0.125. The van der Waals surface area contributed by atoms with Crippen molar-refractivity contribution in [3.05, 3.63) is 27.7 Å². The van der Waals surface area contributed by atoms with Crippen LogP contribution in [0.25, 0.3) is 0 Å². The third-order valence-electron chi connectivity index (χ3n) is 8.09. The van der Waals surface area contributed by atoms with Gasteiger partial charge in [-0.05, 0) is 89.7 Å². The molecule has 3 heterocycles. The molecule has 0 radical (unpaired) electrons. The molecule has 0 amide bonds. The van der Waals surface area contributed by atoms with Crippen LogP contribution in [0.1, 0.15) is 87.9 Å². The molecule has 2 unspecified atom stereocenters. The number of nitrogens with zero attached hydrogens (tertiary/aromatic N) is 3. The van der Waals surface area contributed by atoms with E-state index in [0.29, 0.717) is 18.1 Å². The van der Waals surface area contributed by atoms with Crippen LogP contribution in [0.15, 0.2) is 10.9 Å². The lowest BCUT2D eigenvalue weighted by Gasteiger charge is -2.48. The van der Waals surface area contributed by atoms with Gasteiger partial charge < -0.3 is 10.2 Å². The highest BCUT2D eigenvalue weighted by Crippen LogP contribution is 2.34. The van der Waals surface area contributed by atoms with Crippen molar-refractivity contribution >= 4 is 0 Å². The van der Waals surface area contributed by atoms with Crippen molar-refractivity contribution in [3.8, 4) is 0 Å². The molecular weight excluding hydrogens is 348 g/mol. The summed E-state index contributed by atoms with van der Waals surface area (Å²) in [6.45, 7) is 0. The van der Waals surface area contributed by atoms with Crippen LogP contribution in [0.2, 0.25) is 0 Å². The number of aryl methyl sites for hydroxylation is 2. The first-order valence-electron chi connectivity index (χ1n) is 11.8. The highest BCUT2D eigenvalue weighted by atomic mass is 16.1. The molecule has 4 aliphatic rings. The Bertz CT molecular complexity index is 737. The standard InChI is InChI=1S/C23H36N4O/c1-26-20-6-4-7-21(26)15-18(14-20)24-17-9-11-19(12-10-17)27-23(28)13-16-5-2-3-8-22(16)25-27/h13,17-21,24H,2-12,14-15H2,1H3. The van der Waals surface area contributed by atoms with E-state index in [1.807, 2.05) is 10.7 Å². The van der Waals surface area contributed by atoms with E-state index in [4.69, 9.17) is 5.10 Å². The van der Waals surface area contributed by atoms with Crippen LogP contribution < -0.4 is 10.9 Å². The maximum atomic E-state index is 12.6. The summed E-state index contributed by atoms with van der Waals surface area (Å²) in [4.78, 5) is 15.3. The van der Waals surface area contributed by atoms with Gasteiger partial charge in [0.15, 0.2) is 0 Å². The minimum Gasteiger partial charge on any atom is -0.311 e. The van der Waals surface area contributed by atoms with Gasteiger partial charge in [0.05, 0.1) is 11.7 Å². The molecule has 2 saturated heterocycles. The van der Waals surface area contributed by atoms with Crippen molar-refractivity contribution < 1.29 is 0 Å². The van der Waals surface area contributed by atoms with Gasteiger partial charge in [0, 0.05) is 30.2 Å². The van der Waals surface area contributed by atoms with Crippen LogP contribution in [-0.4, -0.2) is 45.9 Å². The molecule has 5 nitrogen and oxygen atoms in total. The van der Waals surface area contributed by atoms with E-state index in [2.05, 4.69) is 17.3 Å². The van der Waals surface area contributed by atoms with Gasteiger partial charge in [0.25, 0.3) is 5.56 Å². The lowest BCUT2D eigenvalue weighted by Crippen LogP contribution is -2.56. The number of hydrogen-bond acceptors (Lipinski definition) is 4. The molecule has 1 N–H and O–H groups in total. The summed E-state index contributed by atoms with van der Waals surface area (Å²) in [5.41, 5.74) is 2.51. The smallest absolute Gasteiger partial charge is 0.267 e. The number of aromatic nitrogens is 2. The molecule has 28 heavy (non-hydrogen) atoms. The molecule has 154 valence electrons. The molecule has 1 saturated carbocycles. The maximum absolute atomic E-state index is 12.6. The lowest BCUT2D eigenvalue weighted by molar-refractivity contribution is 0.0437. The van der Waals surface area contributed by atoms with Gasteiger partial charge in [-0.3, -0.25) is 4.79 Å². The molecule has 2 aliphatic carbocycles. The fraction of sp³-hybridized carbons (Fsp3) is 0.826. The summed E-state index contributed by atoms with van der Waals surface area (Å²) >= 11 is 0. The van der Waals surface area contributed by atoms with Crippen molar-refractivity contribution in [1.82, 2.24) is 20.0 Å². The quantitative estimate of drug-likeness (QED) is 0.869. The van der Waals surface area contributed by atoms with Crippen LogP contribution in [0.4, 0.5) is 0 Å². The minimum atomic E-state index is 0.125. The largest absolute Gasteiger partial charge is 0.311 e. The molecule has 2 bridgehead atoms. The zero-order valence-electron chi connectivity index (χ0n) is 17.4. The number of rotatable bonds is 3. The van der Waals surface area contributed by atoms with Crippen LogP contribution in [-0.2, 0) is 12.8 Å². The van der Waals surface area contributed by atoms with Crippen LogP contribution >= 0.6 is 0 Å². The average Bonchev–Trinajstić information content (AvgIpc) is 2.69. The van der Waals surface area contributed by atoms with E-state index in [1.165, 1.54) is 69.0 Å². The zero-order chi connectivity index (χ0) is 19.1. The Labute approximate surface area is 168 Å². The predicted octanol–water partition coefficient (Wildman–Crippen LogP) is 3.21. The fourth-order valence-electron chi connectivity index (χ4n) is 6.41. The van der Waals surface area contributed by atoms with Crippen LogP contribution in [0.3, 0.4) is 0 Å². The van der Waals surface area contributed by atoms with Crippen molar-refractivity contribution in [1.29, 1.82) is 0 Å². The monoisotopic (exact) mass is 384 g/mol. The highest BCUT2D eigenvalue weighted by molar-refractivity contribution is 5.20. The van der Waals surface area contributed by atoms with Gasteiger partial charge in [-0.2, -0.15) is 5.10 Å². The fourth-order valence-corrected chi connectivity index (χ4v) is 6.41. The topological polar surface area (TPSA) is 50.2 Å². The number of piperidine rings is 2. The van der Waals surface area contributed by atoms with E-state index in [0.717, 1.165) is 37.8 Å². The van der Waals surface area contributed by atoms with E-state index in [9.17, 15) is 4.79 Å². The molecule has 5 heteroatoms. The molecule has 0 spiro atoms. The van der Waals surface area contributed by atoms with Gasteiger partial charge in [-0.1, -0.05) is 6.42 Å². The Kier molecular flexibility index (Phi) is 5.31. The van der Waals surface area contributed by atoms with Crippen molar-refractivity contribution in [2.45, 2.75) is 114 Å². The molecule has 1 aromatic heterocycles. The van der Waals surface area contributed by atoms with Gasteiger partial charge >= 0.3 is 0 Å². The zero-order valence-corrected chi connectivity index (χ0v) is 17.4. The van der Waals surface area contributed by atoms with Crippen LogP contribution in [0, 0.1) is 0 Å². The predicted molar refractivity (Wildman–Crippen MR) is 112 cm³/mol. The van der Waals surface area contributed by atoms with Crippen molar-refractivity contribution in [2.75, 3.05) is 7.05 Å². The first kappa shape index (κ1) is 18.8. The number of hydrogen-bond donors (Lipinski definition) is 1. The molecular formula is C23H36N4O. The average molecular weight is 385 g/mol. The molecule has 3 fully saturated rings. The summed E-state index contributed by atoms with van der Waals surface area (Å²) in [6, 6.07) is 5.08. The summed E-state index contributed by atoms with van der Waals surface area (Å²) in [5.74, 6) is 0. The second-order valence-corrected chi connectivity index (χ2v) is 9.85. The van der Waals surface area contributed by atoms with Crippen LogP contribution in [0.5, 0.6) is 0 Å². The third-order valence-corrected chi connectivity index (χ3v) is 8.09. The SMILES string of the molecule is CN1C2CCCC1CC(NC1CCC(n3nc4c(cc3=O)CCCC4)CC1)C2. The highest BCUT2D eigenvalue weighted by Gasteiger charge is 2.37. The molecule has 0 aromatic carbocycles. The summed E-state index contributed by atoms with van der Waals surface area (Å²) in [7, 11) is 2.33. The first-order chi connectivity index (χ1) is 13.7. The summed E-state index contributed by atoms with van der Waals surface area (Å²) in [6.07, 6.45) is 15.8. The van der Waals surface area contributed by atoms with Gasteiger partial charge in [-0.25, -0.2) is 4.68 Å². The second kappa shape index (κ2) is 7.91. The van der Waals surface area contributed by atoms with E-state index >= 15 is 0 Å². The Morgan fingerprint density at radius 3 is 2.36 bits per heavy atom. The Balaban J connectivity index is 1.19. The lowest BCUT2D eigenvalue weighted by atomic mass is 9.81.